The molecular weight excluding hydrogens is 312 g/mol. The van der Waals surface area contributed by atoms with Crippen LogP contribution in [-0.4, -0.2) is 26.3 Å². The molecule has 0 heterocycles. The smallest absolute Gasteiger partial charge is 0.207 e. The first-order valence-electron chi connectivity index (χ1n) is 6.79. The van der Waals surface area contributed by atoms with E-state index >= 15 is 0 Å². The van der Waals surface area contributed by atoms with Crippen LogP contribution < -0.4 is 4.72 Å². The minimum atomic E-state index is -3.88. The van der Waals surface area contributed by atoms with Gasteiger partial charge in [0.2, 0.25) is 0 Å². The second-order valence-corrected chi connectivity index (χ2v) is 6.87. The maximum absolute atomic E-state index is 13.8. The molecular formula is C14H19F2N3O2S. The van der Waals surface area contributed by atoms with Crippen LogP contribution in [0.4, 0.5) is 8.78 Å². The average Bonchev–Trinajstić information content (AvgIpc) is 2.45. The lowest BCUT2D eigenvalue weighted by Crippen LogP contribution is -2.41. The molecule has 8 heteroatoms. The fourth-order valence-electron chi connectivity index (χ4n) is 1.95. The summed E-state index contributed by atoms with van der Waals surface area (Å²) in [5.74, 6) is -1.99. The van der Waals surface area contributed by atoms with E-state index in [-0.39, 0.29) is 12.1 Å². The first-order chi connectivity index (χ1) is 10.2. The van der Waals surface area contributed by atoms with E-state index in [4.69, 9.17) is 5.26 Å². The molecule has 2 unspecified atom stereocenters. The summed E-state index contributed by atoms with van der Waals surface area (Å²) in [5, 5.41) is 8.74. The Morgan fingerprint density at radius 2 is 2.05 bits per heavy atom. The quantitative estimate of drug-likeness (QED) is 0.833. The van der Waals surface area contributed by atoms with Crippen molar-refractivity contribution >= 4 is 10.2 Å². The molecule has 122 valence electrons. The van der Waals surface area contributed by atoms with Crippen molar-refractivity contribution in [2.24, 2.45) is 5.92 Å². The van der Waals surface area contributed by atoms with Crippen molar-refractivity contribution in [1.29, 1.82) is 5.26 Å². The van der Waals surface area contributed by atoms with Crippen LogP contribution in [0, 0.1) is 28.9 Å². The molecule has 1 rings (SSSR count). The van der Waals surface area contributed by atoms with Gasteiger partial charge >= 0.3 is 0 Å². The van der Waals surface area contributed by atoms with Gasteiger partial charge in [-0.3, -0.25) is 0 Å². The van der Waals surface area contributed by atoms with Crippen LogP contribution in [0.2, 0.25) is 0 Å². The van der Waals surface area contributed by atoms with E-state index < -0.39 is 33.8 Å². The molecule has 5 nitrogen and oxygen atoms in total. The Morgan fingerprint density at radius 1 is 1.41 bits per heavy atom. The predicted molar refractivity (Wildman–Crippen MR) is 78.9 cm³/mol. The number of benzene rings is 1. The largest absolute Gasteiger partial charge is 0.279 e. The molecule has 1 aromatic rings. The van der Waals surface area contributed by atoms with Crippen molar-refractivity contribution in [2.45, 2.75) is 26.3 Å². The minimum Gasteiger partial charge on any atom is -0.207 e. The molecule has 0 saturated carbocycles. The number of rotatable bonds is 7. The van der Waals surface area contributed by atoms with Crippen LogP contribution in [0.3, 0.4) is 0 Å². The number of hydrogen-bond donors (Lipinski definition) is 1. The van der Waals surface area contributed by atoms with Crippen molar-refractivity contribution in [2.75, 3.05) is 13.6 Å². The molecule has 0 fully saturated rings. The molecule has 0 aromatic heterocycles. The normalized spacial score (nSPS) is 14.6. The molecule has 0 amide bonds. The third kappa shape index (κ3) is 4.73. The van der Waals surface area contributed by atoms with Crippen molar-refractivity contribution in [3.05, 3.63) is 35.4 Å². The van der Waals surface area contributed by atoms with E-state index in [1.54, 1.807) is 13.8 Å². The topological polar surface area (TPSA) is 73.2 Å². The fraction of sp³-hybridized carbons (Fsp3) is 0.500. The Kier molecular flexibility index (Phi) is 6.41. The third-order valence-corrected chi connectivity index (χ3v) is 4.75. The Balaban J connectivity index is 2.96. The van der Waals surface area contributed by atoms with Gasteiger partial charge in [-0.2, -0.15) is 22.7 Å². The first kappa shape index (κ1) is 18.5. The zero-order chi connectivity index (χ0) is 16.9. The Morgan fingerprint density at radius 3 is 2.55 bits per heavy atom. The summed E-state index contributed by atoms with van der Waals surface area (Å²) in [4.78, 5) is 0. The van der Waals surface area contributed by atoms with E-state index in [1.165, 1.54) is 13.1 Å². The van der Waals surface area contributed by atoms with Gasteiger partial charge in [0.15, 0.2) is 0 Å². The van der Waals surface area contributed by atoms with Crippen LogP contribution >= 0.6 is 0 Å². The molecule has 0 aliphatic heterocycles. The van der Waals surface area contributed by atoms with Gasteiger partial charge in [-0.25, -0.2) is 8.78 Å². The van der Waals surface area contributed by atoms with E-state index in [2.05, 4.69) is 4.72 Å². The van der Waals surface area contributed by atoms with Gasteiger partial charge in [-0.15, -0.1) is 0 Å². The summed E-state index contributed by atoms with van der Waals surface area (Å²) in [5.41, 5.74) is 0.0780. The highest BCUT2D eigenvalue weighted by Crippen LogP contribution is 2.22. The zero-order valence-corrected chi connectivity index (χ0v) is 13.5. The molecule has 0 aliphatic carbocycles. The van der Waals surface area contributed by atoms with Gasteiger partial charge in [-0.1, -0.05) is 13.0 Å². The van der Waals surface area contributed by atoms with E-state index in [9.17, 15) is 17.2 Å². The molecule has 0 aliphatic rings. The Bertz CT molecular complexity index is 659. The van der Waals surface area contributed by atoms with Crippen molar-refractivity contribution < 1.29 is 17.2 Å². The predicted octanol–water partition coefficient (Wildman–Crippen LogP) is 2.34. The zero-order valence-electron chi connectivity index (χ0n) is 12.7. The SMILES string of the molecule is CCC(NS(=O)(=O)N(C)CC(C)C#N)c1ccc(F)cc1F. The summed E-state index contributed by atoms with van der Waals surface area (Å²) in [7, 11) is -2.54. The molecule has 0 bridgehead atoms. The van der Waals surface area contributed by atoms with Crippen LogP contribution in [-0.2, 0) is 10.2 Å². The molecule has 0 saturated heterocycles. The number of nitriles is 1. The lowest BCUT2D eigenvalue weighted by Gasteiger charge is -2.23. The first-order valence-corrected chi connectivity index (χ1v) is 8.23. The Labute approximate surface area is 129 Å². The molecule has 1 aromatic carbocycles. The Hall–Kier alpha value is -1.56. The highest BCUT2D eigenvalue weighted by Gasteiger charge is 2.25. The third-order valence-electron chi connectivity index (χ3n) is 3.20. The molecule has 0 radical (unpaired) electrons. The van der Waals surface area contributed by atoms with Crippen LogP contribution in [0.25, 0.3) is 0 Å². The highest BCUT2D eigenvalue weighted by molar-refractivity contribution is 7.87. The standard InChI is InChI=1S/C14H19F2N3O2S/c1-4-14(12-6-5-11(15)7-13(12)16)18-22(20,21)19(3)9-10(2)8-17/h5-7,10,14,18H,4,9H2,1-3H3. The summed E-state index contributed by atoms with van der Waals surface area (Å²) < 4.78 is 54.5. The van der Waals surface area contributed by atoms with E-state index in [0.29, 0.717) is 12.5 Å². The maximum Gasteiger partial charge on any atom is 0.279 e. The molecule has 0 spiro atoms. The van der Waals surface area contributed by atoms with Crippen LogP contribution in [0.1, 0.15) is 31.9 Å². The highest BCUT2D eigenvalue weighted by atomic mass is 32.2. The molecule has 1 N–H and O–H groups in total. The maximum atomic E-state index is 13.8. The minimum absolute atomic E-state index is 0.0220. The lowest BCUT2D eigenvalue weighted by molar-refractivity contribution is 0.419. The van der Waals surface area contributed by atoms with Gasteiger partial charge in [-0.05, 0) is 19.4 Å². The summed E-state index contributed by atoms with van der Waals surface area (Å²) in [6, 6.07) is 4.15. The summed E-state index contributed by atoms with van der Waals surface area (Å²) in [6.07, 6.45) is 0.295. The second-order valence-electron chi connectivity index (χ2n) is 5.06. The van der Waals surface area contributed by atoms with Gasteiger partial charge in [0.1, 0.15) is 11.6 Å². The average molecular weight is 331 g/mol. The van der Waals surface area contributed by atoms with Crippen LogP contribution in [0.5, 0.6) is 0 Å². The second kappa shape index (κ2) is 7.63. The number of nitrogens with one attached hydrogen (secondary N) is 1. The molecule has 2 atom stereocenters. The summed E-state index contributed by atoms with van der Waals surface area (Å²) >= 11 is 0. The van der Waals surface area contributed by atoms with Crippen molar-refractivity contribution in [1.82, 2.24) is 9.03 Å². The van der Waals surface area contributed by atoms with E-state index in [1.807, 2.05) is 6.07 Å². The molecule has 22 heavy (non-hydrogen) atoms. The van der Waals surface area contributed by atoms with Crippen LogP contribution in [0.15, 0.2) is 18.2 Å². The van der Waals surface area contributed by atoms with Gasteiger partial charge in [0, 0.05) is 25.2 Å². The van der Waals surface area contributed by atoms with Crippen molar-refractivity contribution in [3.63, 3.8) is 0 Å². The van der Waals surface area contributed by atoms with Crippen molar-refractivity contribution in [3.8, 4) is 6.07 Å². The fourth-order valence-corrected chi connectivity index (χ4v) is 3.20. The number of nitrogens with zero attached hydrogens (tertiary/aromatic N) is 2. The lowest BCUT2D eigenvalue weighted by atomic mass is 10.1. The number of halogens is 2. The number of hydrogen-bond acceptors (Lipinski definition) is 3. The monoisotopic (exact) mass is 331 g/mol. The van der Waals surface area contributed by atoms with Gasteiger partial charge in [0.05, 0.1) is 18.0 Å². The summed E-state index contributed by atoms with van der Waals surface area (Å²) in [6.45, 7) is 3.31. The van der Waals surface area contributed by atoms with E-state index in [0.717, 1.165) is 10.4 Å². The van der Waals surface area contributed by atoms with Gasteiger partial charge < -0.3 is 0 Å². The van der Waals surface area contributed by atoms with Gasteiger partial charge in [0.25, 0.3) is 10.2 Å².